The van der Waals surface area contributed by atoms with Crippen LogP contribution in [0.25, 0.3) is 10.8 Å². The first-order valence-corrected chi connectivity index (χ1v) is 6.00. The number of aromatic amines is 1. The van der Waals surface area contributed by atoms with Crippen molar-refractivity contribution in [2.75, 3.05) is 7.11 Å². The van der Waals surface area contributed by atoms with Crippen LogP contribution in [-0.2, 0) is 17.8 Å². The Hall–Kier alpha value is -1.05. The average molecular weight is 257 g/mol. The molecule has 2 aromatic heterocycles. The van der Waals surface area contributed by atoms with Crippen LogP contribution in [0, 0.1) is 4.84 Å². The van der Waals surface area contributed by atoms with Crippen LogP contribution in [0.15, 0.2) is 4.42 Å². The lowest BCUT2D eigenvalue weighted by Gasteiger charge is -1.91. The molecule has 0 bridgehead atoms. The summed E-state index contributed by atoms with van der Waals surface area (Å²) in [5.74, 6) is 0.502. The Labute approximate surface area is 101 Å². The highest BCUT2D eigenvalue weighted by molar-refractivity contribution is 7.71. The summed E-state index contributed by atoms with van der Waals surface area (Å²) in [6, 6.07) is 0. The number of H-pyrrole nitrogens is 1. The number of nitrogens with one attached hydrogen (secondary N) is 1. The maximum atomic E-state index is 5.28. The van der Waals surface area contributed by atoms with Gasteiger partial charge in [-0.05, 0) is 18.6 Å². The number of methoxy groups -OCH3 is 1. The van der Waals surface area contributed by atoms with Crippen LogP contribution in [0.4, 0.5) is 0 Å². The van der Waals surface area contributed by atoms with E-state index in [2.05, 4.69) is 15.2 Å². The first-order valence-electron chi connectivity index (χ1n) is 4.78. The Kier molecular flexibility index (Phi) is 3.47. The van der Waals surface area contributed by atoms with Crippen molar-refractivity contribution in [2.45, 2.75) is 20.0 Å². The molecule has 2 rings (SSSR count). The van der Waals surface area contributed by atoms with Crippen LogP contribution >= 0.6 is 23.6 Å². The Morgan fingerprint density at radius 2 is 2.38 bits per heavy atom. The van der Waals surface area contributed by atoms with Crippen LogP contribution < -0.4 is 0 Å². The highest BCUT2D eigenvalue weighted by atomic mass is 32.1. The molecule has 0 spiro atoms. The van der Waals surface area contributed by atoms with Crippen molar-refractivity contribution >= 4 is 23.6 Å². The third-order valence-corrected chi connectivity index (χ3v) is 3.21. The topological polar surface area (TPSA) is 63.9 Å². The summed E-state index contributed by atoms with van der Waals surface area (Å²) in [5.41, 5.74) is 0.960. The summed E-state index contributed by atoms with van der Waals surface area (Å²) in [6.07, 6.45) is 0.824. The maximum Gasteiger partial charge on any atom is 0.284 e. The zero-order valence-electron chi connectivity index (χ0n) is 8.94. The van der Waals surface area contributed by atoms with Crippen molar-refractivity contribution in [3.63, 3.8) is 0 Å². The summed E-state index contributed by atoms with van der Waals surface area (Å²) in [4.78, 5) is 5.64. The first-order chi connectivity index (χ1) is 7.74. The quantitative estimate of drug-likeness (QED) is 0.853. The molecule has 1 N–H and O–H groups in total. The van der Waals surface area contributed by atoms with Crippen molar-refractivity contribution in [1.82, 2.24) is 15.2 Å². The molecule has 0 aliphatic carbocycles. The van der Waals surface area contributed by atoms with Crippen LogP contribution in [0.2, 0.25) is 0 Å². The molecule has 16 heavy (non-hydrogen) atoms. The molecule has 0 radical (unpaired) electrons. The van der Waals surface area contributed by atoms with E-state index < -0.39 is 0 Å². The molecule has 2 aromatic rings. The molecule has 0 aliphatic heterocycles. The predicted molar refractivity (Wildman–Crippen MR) is 62.9 cm³/mol. The number of nitrogens with zero attached hydrogens (tertiary/aromatic N) is 2. The lowest BCUT2D eigenvalue weighted by molar-refractivity contribution is 0.184. The average Bonchev–Trinajstić information content (AvgIpc) is 2.84. The highest BCUT2D eigenvalue weighted by Crippen LogP contribution is 2.29. The van der Waals surface area contributed by atoms with Gasteiger partial charge in [-0.15, -0.1) is 16.4 Å². The summed E-state index contributed by atoms with van der Waals surface area (Å²) in [6.45, 7) is 2.54. The largest absolute Gasteiger partial charge is 0.408 e. The molecule has 0 aliphatic rings. The van der Waals surface area contributed by atoms with Crippen molar-refractivity contribution < 1.29 is 9.15 Å². The van der Waals surface area contributed by atoms with Gasteiger partial charge in [-0.25, -0.2) is 10.1 Å². The molecule has 0 amide bonds. The van der Waals surface area contributed by atoms with Crippen molar-refractivity contribution in [1.29, 1.82) is 0 Å². The highest BCUT2D eigenvalue weighted by Gasteiger charge is 2.15. The summed E-state index contributed by atoms with van der Waals surface area (Å²) < 4.78 is 10.3. The van der Waals surface area contributed by atoms with Crippen LogP contribution in [0.1, 0.15) is 17.6 Å². The summed E-state index contributed by atoms with van der Waals surface area (Å²) in [7, 11) is 1.65. The molecular formula is C9H11N3O2S2. The van der Waals surface area contributed by atoms with Crippen molar-refractivity contribution in [2.24, 2.45) is 0 Å². The van der Waals surface area contributed by atoms with Gasteiger partial charge in [0, 0.05) is 7.11 Å². The number of hydrogen-bond donors (Lipinski definition) is 1. The minimum atomic E-state index is 0.277. The van der Waals surface area contributed by atoms with E-state index in [9.17, 15) is 0 Å². The molecule has 0 saturated heterocycles. The van der Waals surface area contributed by atoms with Gasteiger partial charge >= 0.3 is 0 Å². The fourth-order valence-electron chi connectivity index (χ4n) is 1.32. The van der Waals surface area contributed by atoms with E-state index in [4.69, 9.17) is 21.4 Å². The summed E-state index contributed by atoms with van der Waals surface area (Å²) in [5, 5.41) is 7.52. The SMILES string of the molecule is CCc1nc(COC)sc1-c1n[nH]c(=S)o1. The van der Waals surface area contributed by atoms with E-state index in [0.717, 1.165) is 22.0 Å². The molecule has 0 aromatic carbocycles. The van der Waals surface area contributed by atoms with Crippen LogP contribution in [0.3, 0.4) is 0 Å². The lowest BCUT2D eigenvalue weighted by Crippen LogP contribution is -1.88. The Balaban J connectivity index is 2.42. The van der Waals surface area contributed by atoms with E-state index in [-0.39, 0.29) is 4.84 Å². The zero-order chi connectivity index (χ0) is 11.5. The molecule has 5 nitrogen and oxygen atoms in total. The molecule has 0 atom stereocenters. The number of hydrogen-bond acceptors (Lipinski definition) is 6. The van der Waals surface area contributed by atoms with Gasteiger partial charge in [0.15, 0.2) is 0 Å². The van der Waals surface area contributed by atoms with Gasteiger partial charge in [0.05, 0.1) is 12.3 Å². The molecule has 2 heterocycles. The second-order valence-electron chi connectivity index (χ2n) is 3.09. The van der Waals surface area contributed by atoms with Gasteiger partial charge in [0.2, 0.25) is 0 Å². The van der Waals surface area contributed by atoms with Gasteiger partial charge in [0.25, 0.3) is 10.7 Å². The minimum Gasteiger partial charge on any atom is -0.408 e. The van der Waals surface area contributed by atoms with Crippen LogP contribution in [0.5, 0.6) is 0 Å². The van der Waals surface area contributed by atoms with E-state index in [1.165, 1.54) is 11.3 Å². The molecule has 0 unspecified atom stereocenters. The number of ether oxygens (including phenoxy) is 1. The fraction of sp³-hybridized carbons (Fsp3) is 0.444. The monoisotopic (exact) mass is 257 g/mol. The van der Waals surface area contributed by atoms with Crippen molar-refractivity contribution in [3.05, 3.63) is 15.5 Å². The number of aromatic nitrogens is 3. The maximum absolute atomic E-state index is 5.28. The van der Waals surface area contributed by atoms with Gasteiger partial charge < -0.3 is 9.15 Å². The van der Waals surface area contributed by atoms with Gasteiger partial charge in [0.1, 0.15) is 9.88 Å². The summed E-state index contributed by atoms with van der Waals surface area (Å²) >= 11 is 6.36. The minimum absolute atomic E-state index is 0.277. The van der Waals surface area contributed by atoms with E-state index in [0.29, 0.717) is 12.5 Å². The second kappa shape index (κ2) is 4.86. The zero-order valence-corrected chi connectivity index (χ0v) is 10.6. The molecule has 0 fully saturated rings. The molecule has 86 valence electrons. The Morgan fingerprint density at radius 3 is 2.94 bits per heavy atom. The standard InChI is InChI=1S/C9H11N3O2S2/c1-3-5-7(8-11-12-9(15)14-8)16-6(10-5)4-13-2/h3-4H2,1-2H3,(H,12,15). The Morgan fingerprint density at radius 1 is 1.56 bits per heavy atom. The number of aryl methyl sites for hydroxylation is 1. The third-order valence-electron chi connectivity index (χ3n) is 1.98. The third kappa shape index (κ3) is 2.21. The van der Waals surface area contributed by atoms with Gasteiger partial charge in [-0.3, -0.25) is 0 Å². The van der Waals surface area contributed by atoms with E-state index >= 15 is 0 Å². The lowest BCUT2D eigenvalue weighted by atomic mass is 10.3. The van der Waals surface area contributed by atoms with Gasteiger partial charge in [-0.1, -0.05) is 6.92 Å². The molecule has 7 heteroatoms. The first kappa shape index (κ1) is 11.4. The number of thiazole rings is 1. The predicted octanol–water partition coefficient (Wildman–Crippen LogP) is 2.56. The van der Waals surface area contributed by atoms with E-state index in [1.54, 1.807) is 7.11 Å². The van der Waals surface area contributed by atoms with Crippen LogP contribution in [-0.4, -0.2) is 22.3 Å². The molecular weight excluding hydrogens is 246 g/mol. The normalized spacial score (nSPS) is 10.9. The van der Waals surface area contributed by atoms with Crippen molar-refractivity contribution in [3.8, 4) is 10.8 Å². The smallest absolute Gasteiger partial charge is 0.284 e. The molecule has 0 saturated carbocycles. The van der Waals surface area contributed by atoms with Gasteiger partial charge in [-0.2, -0.15) is 0 Å². The van der Waals surface area contributed by atoms with E-state index in [1.807, 2.05) is 6.92 Å². The fourth-order valence-corrected chi connectivity index (χ4v) is 2.49. The number of rotatable bonds is 4. The second-order valence-corrected chi connectivity index (χ2v) is 4.54. The Bertz CT molecular complexity index is 529.